The molecule has 0 amide bonds. The molecule has 2 N–H and O–H groups in total. The molecule has 0 fully saturated rings. The van der Waals surface area contributed by atoms with E-state index in [4.69, 9.17) is 10.5 Å². The maximum atomic E-state index is 13.3. The van der Waals surface area contributed by atoms with Crippen molar-refractivity contribution in [3.63, 3.8) is 0 Å². The summed E-state index contributed by atoms with van der Waals surface area (Å²) in [5.74, 6) is -2.12. The average Bonchev–Trinajstić information content (AvgIpc) is 2.26. The molecule has 3 nitrogen and oxygen atoms in total. The molecule has 6 heteroatoms. The number of nitrogens with two attached hydrogens (primary N) is 1. The van der Waals surface area contributed by atoms with Crippen LogP contribution in [0.2, 0.25) is 0 Å². The van der Waals surface area contributed by atoms with Crippen molar-refractivity contribution >= 4 is 28.4 Å². The van der Waals surface area contributed by atoms with Crippen LogP contribution in [0.4, 0.5) is 14.6 Å². The molecule has 2 aromatic rings. The number of pyridine rings is 1. The van der Waals surface area contributed by atoms with Gasteiger partial charge in [-0.1, -0.05) is 6.07 Å². The largest absolute Gasteiger partial charge is 0.436 e. The molecule has 0 radical (unpaired) electrons. The number of rotatable bonds is 2. The second-order valence-electron chi connectivity index (χ2n) is 3.20. The molecule has 0 spiro atoms. The van der Waals surface area contributed by atoms with Crippen LogP contribution in [0.5, 0.6) is 11.6 Å². The summed E-state index contributed by atoms with van der Waals surface area (Å²) >= 11 is 2.09. The Hall–Kier alpha value is -1.44. The zero-order valence-corrected chi connectivity index (χ0v) is 10.6. The third-order valence-corrected chi connectivity index (χ3v) is 2.61. The molecule has 1 aromatic heterocycles. The number of benzene rings is 1. The van der Waals surface area contributed by atoms with E-state index >= 15 is 0 Å². The topological polar surface area (TPSA) is 48.1 Å². The molecule has 0 atom stereocenters. The maximum Gasteiger partial charge on any atom is 0.258 e. The number of hydrogen-bond donors (Lipinski definition) is 1. The van der Waals surface area contributed by atoms with Crippen LogP contribution in [-0.4, -0.2) is 4.98 Å². The van der Waals surface area contributed by atoms with Gasteiger partial charge in [-0.3, -0.25) is 0 Å². The summed E-state index contributed by atoms with van der Waals surface area (Å²) in [4.78, 5) is 3.50. The van der Waals surface area contributed by atoms with Gasteiger partial charge >= 0.3 is 0 Å². The Bertz CT molecular complexity index is 563. The third kappa shape index (κ3) is 2.82. The van der Waals surface area contributed by atoms with Crippen LogP contribution in [-0.2, 0) is 0 Å². The number of nitrogen functional groups attached to an aromatic ring is 1. The van der Waals surface area contributed by atoms with Gasteiger partial charge in [0, 0.05) is 9.64 Å². The molecular weight excluding hydrogens is 341 g/mol. The van der Waals surface area contributed by atoms with Gasteiger partial charge in [-0.15, -0.1) is 0 Å². The normalized spacial score (nSPS) is 10.3. The summed E-state index contributed by atoms with van der Waals surface area (Å²) in [6, 6.07) is 7.59. The first-order valence-electron chi connectivity index (χ1n) is 4.61. The Labute approximate surface area is 110 Å². The van der Waals surface area contributed by atoms with Crippen molar-refractivity contribution in [2.24, 2.45) is 0 Å². The van der Waals surface area contributed by atoms with Crippen molar-refractivity contribution in [3.05, 3.63) is 45.5 Å². The SMILES string of the molecule is Nc1nc(Oc2cccc(I)c2)c(F)cc1F. The van der Waals surface area contributed by atoms with Crippen molar-refractivity contribution in [1.29, 1.82) is 0 Å². The fraction of sp³-hybridized carbons (Fsp3) is 0. The number of anilines is 1. The molecule has 0 saturated heterocycles. The molecule has 0 aliphatic rings. The van der Waals surface area contributed by atoms with Gasteiger partial charge in [-0.05, 0) is 40.8 Å². The van der Waals surface area contributed by atoms with Gasteiger partial charge in [0.15, 0.2) is 17.5 Å². The Morgan fingerprint density at radius 3 is 2.65 bits per heavy atom. The Morgan fingerprint density at radius 1 is 1.18 bits per heavy atom. The van der Waals surface area contributed by atoms with Crippen molar-refractivity contribution in [2.75, 3.05) is 5.73 Å². The lowest BCUT2D eigenvalue weighted by atomic mass is 10.3. The van der Waals surface area contributed by atoms with Gasteiger partial charge in [0.05, 0.1) is 0 Å². The van der Waals surface area contributed by atoms with Gasteiger partial charge in [0.25, 0.3) is 5.88 Å². The van der Waals surface area contributed by atoms with Gasteiger partial charge < -0.3 is 10.5 Å². The zero-order chi connectivity index (χ0) is 12.4. The van der Waals surface area contributed by atoms with Crippen LogP contribution >= 0.6 is 22.6 Å². The molecule has 0 aliphatic carbocycles. The van der Waals surface area contributed by atoms with E-state index in [0.29, 0.717) is 11.8 Å². The lowest BCUT2D eigenvalue weighted by molar-refractivity contribution is 0.418. The molecule has 1 heterocycles. The number of halogens is 3. The highest BCUT2D eigenvalue weighted by Gasteiger charge is 2.11. The predicted octanol–water partition coefficient (Wildman–Crippen LogP) is 3.34. The zero-order valence-electron chi connectivity index (χ0n) is 8.45. The summed E-state index contributed by atoms with van der Waals surface area (Å²) < 4.78 is 32.3. The molecule has 2 rings (SSSR count). The Balaban J connectivity index is 2.33. The Kier molecular flexibility index (Phi) is 3.41. The van der Waals surface area contributed by atoms with Crippen LogP contribution < -0.4 is 10.5 Å². The minimum absolute atomic E-state index is 0.342. The summed E-state index contributed by atoms with van der Waals surface area (Å²) in [5.41, 5.74) is 5.24. The van der Waals surface area contributed by atoms with Gasteiger partial charge in [0.1, 0.15) is 5.75 Å². The van der Waals surface area contributed by atoms with E-state index in [0.717, 1.165) is 3.57 Å². The van der Waals surface area contributed by atoms with E-state index in [2.05, 4.69) is 27.6 Å². The lowest BCUT2D eigenvalue weighted by Crippen LogP contribution is -2.00. The quantitative estimate of drug-likeness (QED) is 0.847. The average molecular weight is 348 g/mol. The highest BCUT2D eigenvalue weighted by molar-refractivity contribution is 14.1. The van der Waals surface area contributed by atoms with Crippen LogP contribution in [0.15, 0.2) is 30.3 Å². The highest BCUT2D eigenvalue weighted by atomic mass is 127. The minimum Gasteiger partial charge on any atom is -0.436 e. The van der Waals surface area contributed by atoms with Crippen LogP contribution in [0.25, 0.3) is 0 Å². The summed E-state index contributed by atoms with van der Waals surface area (Å²) in [5, 5.41) is 0. The molecule has 0 unspecified atom stereocenters. The second-order valence-corrected chi connectivity index (χ2v) is 4.45. The first kappa shape index (κ1) is 12.0. The smallest absolute Gasteiger partial charge is 0.258 e. The molecule has 0 aliphatic heterocycles. The van der Waals surface area contributed by atoms with E-state index in [9.17, 15) is 8.78 Å². The van der Waals surface area contributed by atoms with Crippen LogP contribution in [0.1, 0.15) is 0 Å². The van der Waals surface area contributed by atoms with Crippen LogP contribution in [0, 0.1) is 15.2 Å². The number of ether oxygens (including phenoxy) is 1. The molecule has 17 heavy (non-hydrogen) atoms. The van der Waals surface area contributed by atoms with Crippen molar-refractivity contribution in [3.8, 4) is 11.6 Å². The first-order valence-corrected chi connectivity index (χ1v) is 5.69. The van der Waals surface area contributed by atoms with E-state index in [1.54, 1.807) is 18.2 Å². The van der Waals surface area contributed by atoms with Crippen molar-refractivity contribution in [2.45, 2.75) is 0 Å². The predicted molar refractivity (Wildman–Crippen MR) is 67.8 cm³/mol. The fourth-order valence-electron chi connectivity index (χ4n) is 1.18. The van der Waals surface area contributed by atoms with Crippen molar-refractivity contribution < 1.29 is 13.5 Å². The lowest BCUT2D eigenvalue weighted by Gasteiger charge is -2.07. The first-order chi connectivity index (χ1) is 8.06. The van der Waals surface area contributed by atoms with Gasteiger partial charge in [0.2, 0.25) is 0 Å². The maximum absolute atomic E-state index is 13.3. The molecule has 88 valence electrons. The molecule has 0 saturated carbocycles. The van der Waals surface area contributed by atoms with Gasteiger partial charge in [-0.25, -0.2) is 8.78 Å². The number of nitrogens with zero attached hydrogens (tertiary/aromatic N) is 1. The molecule has 0 bridgehead atoms. The summed E-state index contributed by atoms with van der Waals surface area (Å²) in [6.07, 6.45) is 0. The molecule has 1 aromatic carbocycles. The van der Waals surface area contributed by atoms with Crippen LogP contribution in [0.3, 0.4) is 0 Å². The summed E-state index contributed by atoms with van der Waals surface area (Å²) in [6.45, 7) is 0. The standard InChI is InChI=1S/C11H7F2IN2O/c12-8-5-9(13)11(16-10(8)15)17-7-3-1-2-6(14)4-7/h1-5H,(H2,15,16). The fourth-order valence-corrected chi connectivity index (χ4v) is 1.69. The van der Waals surface area contributed by atoms with E-state index in [1.165, 1.54) is 0 Å². The monoisotopic (exact) mass is 348 g/mol. The van der Waals surface area contributed by atoms with E-state index < -0.39 is 17.5 Å². The summed E-state index contributed by atoms with van der Waals surface area (Å²) in [7, 11) is 0. The minimum atomic E-state index is -0.905. The molecular formula is C11H7F2IN2O. The van der Waals surface area contributed by atoms with Gasteiger partial charge in [-0.2, -0.15) is 4.98 Å². The number of hydrogen-bond acceptors (Lipinski definition) is 3. The van der Waals surface area contributed by atoms with E-state index in [1.807, 2.05) is 6.07 Å². The second kappa shape index (κ2) is 4.82. The Morgan fingerprint density at radius 2 is 1.94 bits per heavy atom. The highest BCUT2D eigenvalue weighted by Crippen LogP contribution is 2.25. The number of aromatic nitrogens is 1. The van der Waals surface area contributed by atoms with E-state index in [-0.39, 0.29) is 5.88 Å². The third-order valence-electron chi connectivity index (χ3n) is 1.94. The van der Waals surface area contributed by atoms with Crippen molar-refractivity contribution in [1.82, 2.24) is 4.98 Å².